The summed E-state index contributed by atoms with van der Waals surface area (Å²) in [6, 6.07) is 9.68. The first-order valence-corrected chi connectivity index (χ1v) is 3.67. The summed E-state index contributed by atoms with van der Waals surface area (Å²) in [5.74, 6) is 0. The number of nitrogens with one attached hydrogen (secondary N) is 1. The number of para-hydroxylation sites is 1. The second-order valence-electron chi connectivity index (χ2n) is 2.20. The van der Waals surface area contributed by atoms with Crippen LogP contribution in [0.4, 0.5) is 5.69 Å². The first-order valence-electron chi connectivity index (χ1n) is 3.67. The molecule has 4 nitrogen and oxygen atoms in total. The zero-order valence-electron chi connectivity index (χ0n) is 6.56. The molecule has 0 unspecified atom stereocenters. The van der Waals surface area contributed by atoms with Crippen molar-refractivity contribution in [3.63, 3.8) is 0 Å². The minimum absolute atomic E-state index is 0.290. The molecule has 0 heterocycles. The van der Waals surface area contributed by atoms with Gasteiger partial charge in [-0.15, -0.1) is 4.91 Å². The Morgan fingerprint density at radius 1 is 1.33 bits per heavy atom. The predicted molar refractivity (Wildman–Crippen MR) is 46.7 cm³/mol. The fourth-order valence-corrected chi connectivity index (χ4v) is 0.834. The number of nitrogens with zero attached hydrogens (tertiary/aromatic N) is 1. The molecule has 0 fully saturated rings. The van der Waals surface area contributed by atoms with Gasteiger partial charge in [0.15, 0.2) is 5.34 Å². The predicted octanol–water partition coefficient (Wildman–Crippen LogP) is 1.80. The lowest BCUT2D eigenvalue weighted by molar-refractivity contribution is 0.150. The van der Waals surface area contributed by atoms with E-state index in [9.17, 15) is 4.91 Å². The monoisotopic (exact) mass is 166 g/mol. The van der Waals surface area contributed by atoms with E-state index < -0.39 is 0 Å². The Morgan fingerprint density at radius 2 is 2.08 bits per heavy atom. The average molecular weight is 166 g/mol. The highest BCUT2D eigenvalue weighted by molar-refractivity contribution is 5.42. The average Bonchev–Trinajstić information content (AvgIpc) is 2.14. The maximum Gasteiger partial charge on any atom is 0.155 e. The lowest BCUT2D eigenvalue weighted by Crippen LogP contribution is -2.06. The van der Waals surface area contributed by atoms with Crippen LogP contribution in [0.15, 0.2) is 35.7 Å². The molecule has 4 heteroatoms. The van der Waals surface area contributed by atoms with Crippen molar-refractivity contribution in [3.05, 3.63) is 35.2 Å². The van der Waals surface area contributed by atoms with Crippen molar-refractivity contribution < 1.29 is 4.84 Å². The maximum absolute atomic E-state index is 9.52. The lowest BCUT2D eigenvalue weighted by Gasteiger charge is -2.02. The molecule has 0 aliphatic heterocycles. The van der Waals surface area contributed by atoms with Gasteiger partial charge in [0.2, 0.25) is 0 Å². The van der Waals surface area contributed by atoms with E-state index in [1.54, 1.807) is 0 Å². The van der Waals surface area contributed by atoms with Gasteiger partial charge in [-0.3, -0.25) is 0 Å². The Hall–Kier alpha value is -1.58. The van der Waals surface area contributed by atoms with Crippen molar-refractivity contribution in [1.82, 2.24) is 0 Å². The molecule has 0 atom stereocenters. The molecule has 0 aliphatic carbocycles. The van der Waals surface area contributed by atoms with Crippen LogP contribution in [-0.2, 0) is 4.84 Å². The van der Waals surface area contributed by atoms with Crippen molar-refractivity contribution in [2.45, 2.75) is 0 Å². The highest BCUT2D eigenvalue weighted by Crippen LogP contribution is 2.03. The summed E-state index contributed by atoms with van der Waals surface area (Å²) < 4.78 is 0. The molecular formula is C8H10N2O2. The quantitative estimate of drug-likeness (QED) is 0.412. The van der Waals surface area contributed by atoms with Crippen LogP contribution < -0.4 is 5.32 Å². The van der Waals surface area contributed by atoms with Crippen LogP contribution in [0.2, 0.25) is 0 Å². The van der Waals surface area contributed by atoms with Crippen molar-refractivity contribution in [2.24, 2.45) is 5.34 Å². The molecular weight excluding hydrogens is 156 g/mol. The van der Waals surface area contributed by atoms with E-state index >= 15 is 0 Å². The molecule has 0 aromatic heterocycles. The molecule has 0 saturated carbocycles. The molecule has 1 aromatic rings. The van der Waals surface area contributed by atoms with Crippen LogP contribution >= 0.6 is 0 Å². The maximum atomic E-state index is 9.52. The summed E-state index contributed by atoms with van der Waals surface area (Å²) in [4.78, 5) is 13.8. The third kappa shape index (κ3) is 3.01. The number of anilines is 1. The van der Waals surface area contributed by atoms with Gasteiger partial charge in [0, 0.05) is 5.69 Å². The molecule has 0 amide bonds. The van der Waals surface area contributed by atoms with E-state index in [0.29, 0.717) is 13.2 Å². The van der Waals surface area contributed by atoms with E-state index in [2.05, 4.69) is 15.5 Å². The Balaban J connectivity index is 2.20. The van der Waals surface area contributed by atoms with Crippen LogP contribution in [0, 0.1) is 4.91 Å². The van der Waals surface area contributed by atoms with Crippen molar-refractivity contribution in [2.75, 3.05) is 18.5 Å². The van der Waals surface area contributed by atoms with Gasteiger partial charge in [0.25, 0.3) is 0 Å². The van der Waals surface area contributed by atoms with Gasteiger partial charge in [0.1, 0.15) is 6.61 Å². The summed E-state index contributed by atoms with van der Waals surface area (Å²) in [6.45, 7) is 0.869. The minimum Gasteiger partial charge on any atom is -0.382 e. The van der Waals surface area contributed by atoms with Gasteiger partial charge in [-0.25, -0.2) is 0 Å². The first kappa shape index (κ1) is 8.52. The Morgan fingerprint density at radius 3 is 2.75 bits per heavy atom. The molecule has 1 rings (SSSR count). The van der Waals surface area contributed by atoms with Gasteiger partial charge in [-0.05, 0) is 12.1 Å². The number of benzene rings is 1. The topological polar surface area (TPSA) is 50.7 Å². The molecule has 0 aliphatic rings. The van der Waals surface area contributed by atoms with Gasteiger partial charge in [-0.2, -0.15) is 0 Å². The molecule has 0 radical (unpaired) electrons. The molecule has 1 N–H and O–H groups in total. The second-order valence-corrected chi connectivity index (χ2v) is 2.20. The summed E-state index contributed by atoms with van der Waals surface area (Å²) in [5, 5.41) is 5.33. The van der Waals surface area contributed by atoms with E-state index in [1.807, 2.05) is 30.3 Å². The molecule has 0 spiro atoms. The van der Waals surface area contributed by atoms with Crippen LogP contribution in [0.5, 0.6) is 0 Å². The number of hydrogen-bond acceptors (Lipinski definition) is 4. The van der Waals surface area contributed by atoms with Crippen molar-refractivity contribution in [3.8, 4) is 0 Å². The second kappa shape index (κ2) is 5.12. The summed E-state index contributed by atoms with van der Waals surface area (Å²) in [7, 11) is 0. The number of hydrogen-bond donors (Lipinski definition) is 1. The van der Waals surface area contributed by atoms with Crippen LogP contribution in [0.1, 0.15) is 0 Å². The van der Waals surface area contributed by atoms with Gasteiger partial charge in [0.05, 0.1) is 6.54 Å². The Labute approximate surface area is 70.5 Å². The first-order chi connectivity index (χ1) is 5.93. The smallest absolute Gasteiger partial charge is 0.155 e. The van der Waals surface area contributed by atoms with E-state index in [4.69, 9.17) is 0 Å². The van der Waals surface area contributed by atoms with Crippen LogP contribution in [-0.4, -0.2) is 13.2 Å². The SMILES string of the molecule is O=NOCCNc1ccccc1. The largest absolute Gasteiger partial charge is 0.382 e. The lowest BCUT2D eigenvalue weighted by atomic mass is 10.3. The standard InChI is InChI=1S/C8H10N2O2/c11-10-12-7-6-9-8-4-2-1-3-5-8/h1-5,9H,6-7H2. The van der Waals surface area contributed by atoms with Gasteiger partial charge in [-0.1, -0.05) is 18.2 Å². The van der Waals surface area contributed by atoms with Gasteiger partial charge >= 0.3 is 0 Å². The zero-order chi connectivity index (χ0) is 8.65. The molecule has 0 bridgehead atoms. The Kier molecular flexibility index (Phi) is 3.63. The fourth-order valence-electron chi connectivity index (χ4n) is 0.834. The molecule has 64 valence electrons. The van der Waals surface area contributed by atoms with Crippen molar-refractivity contribution in [1.29, 1.82) is 0 Å². The number of rotatable bonds is 5. The third-order valence-corrected chi connectivity index (χ3v) is 1.35. The van der Waals surface area contributed by atoms with Crippen molar-refractivity contribution >= 4 is 5.69 Å². The highest BCUT2D eigenvalue weighted by Gasteiger charge is 1.88. The van der Waals surface area contributed by atoms with Crippen LogP contribution in [0.25, 0.3) is 0 Å². The molecule has 1 aromatic carbocycles. The summed E-state index contributed by atoms with van der Waals surface area (Å²) >= 11 is 0. The van der Waals surface area contributed by atoms with Gasteiger partial charge < -0.3 is 10.2 Å². The highest BCUT2D eigenvalue weighted by atomic mass is 16.7. The third-order valence-electron chi connectivity index (χ3n) is 1.35. The fraction of sp³-hybridized carbons (Fsp3) is 0.250. The van der Waals surface area contributed by atoms with E-state index in [-0.39, 0.29) is 0 Å². The van der Waals surface area contributed by atoms with E-state index in [1.165, 1.54) is 0 Å². The minimum atomic E-state index is 0.290. The molecule has 12 heavy (non-hydrogen) atoms. The van der Waals surface area contributed by atoms with Crippen LogP contribution in [0.3, 0.4) is 0 Å². The normalized spacial score (nSPS) is 9.00. The Bertz CT molecular complexity index is 226. The zero-order valence-corrected chi connectivity index (χ0v) is 6.56. The summed E-state index contributed by atoms with van der Waals surface area (Å²) in [6.07, 6.45) is 0. The molecule has 0 saturated heterocycles. The summed E-state index contributed by atoms with van der Waals surface area (Å²) in [5.41, 5.74) is 1.01. The van der Waals surface area contributed by atoms with E-state index in [0.717, 1.165) is 5.69 Å².